The van der Waals surface area contributed by atoms with E-state index in [0.29, 0.717) is 0 Å². The van der Waals surface area contributed by atoms with Gasteiger partial charge in [0.05, 0.1) is 5.52 Å². The fraction of sp³-hybridized carbons (Fsp3) is 0.103. The first-order valence-electron chi connectivity index (χ1n) is 10.5. The van der Waals surface area contributed by atoms with E-state index in [0.717, 1.165) is 10.1 Å². The molecule has 0 radical (unpaired) electrons. The highest BCUT2D eigenvalue weighted by Crippen LogP contribution is 2.33. The average Bonchev–Trinajstić information content (AvgIpc) is 3.31. The molecule has 0 spiro atoms. The highest BCUT2D eigenvalue weighted by atomic mass is 32.1. The molecule has 0 saturated carbocycles. The Bertz CT molecular complexity index is 1440. The summed E-state index contributed by atoms with van der Waals surface area (Å²) < 4.78 is 1.17. The topological polar surface area (TPSA) is 15.8 Å². The van der Waals surface area contributed by atoms with Crippen LogP contribution in [-0.4, -0.2) is 4.98 Å². The fourth-order valence-corrected chi connectivity index (χ4v) is 4.89. The monoisotopic (exact) mass is 421 g/mol. The Balaban J connectivity index is 1.83. The minimum absolute atomic E-state index is 1.04. The van der Waals surface area contributed by atoms with Crippen LogP contribution in [0.25, 0.3) is 52.4 Å². The maximum atomic E-state index is 4.19. The first kappa shape index (κ1) is 20.9. The van der Waals surface area contributed by atoms with Crippen molar-refractivity contribution in [2.24, 2.45) is 0 Å². The Kier molecular flexibility index (Phi) is 5.92. The smallest absolute Gasteiger partial charge is 0.0541 e. The number of aromatic nitrogens is 1. The van der Waals surface area contributed by atoms with E-state index >= 15 is 0 Å². The molecule has 0 aliphatic carbocycles. The zero-order chi connectivity index (χ0) is 22.0. The van der Waals surface area contributed by atoms with Gasteiger partial charge in [-0.25, -0.2) is 0 Å². The van der Waals surface area contributed by atoms with Crippen LogP contribution < -0.4 is 9.75 Å². The van der Waals surface area contributed by atoms with Crippen LogP contribution in [0.5, 0.6) is 0 Å². The molecule has 0 aliphatic heterocycles. The van der Waals surface area contributed by atoms with Crippen LogP contribution in [0, 0.1) is 6.92 Å². The normalized spacial score (nSPS) is 12.9. The van der Waals surface area contributed by atoms with Gasteiger partial charge in [0.1, 0.15) is 0 Å². The molecular weight excluding hydrogens is 394 g/mol. The maximum Gasteiger partial charge on any atom is 0.0541 e. The predicted molar refractivity (Wildman–Crippen MR) is 140 cm³/mol. The minimum Gasteiger partial charge on any atom is -0.354 e. The second-order valence-electron chi connectivity index (χ2n) is 7.60. The van der Waals surface area contributed by atoms with Crippen molar-refractivity contribution in [3.8, 4) is 11.1 Å². The lowest BCUT2D eigenvalue weighted by molar-refractivity contribution is 1.37. The Morgan fingerprint density at radius 3 is 2.58 bits per heavy atom. The van der Waals surface area contributed by atoms with E-state index in [9.17, 15) is 0 Å². The number of nitrogens with one attached hydrogen (secondary N) is 1. The van der Waals surface area contributed by atoms with Gasteiger partial charge in [-0.15, -0.1) is 11.3 Å². The van der Waals surface area contributed by atoms with Crippen LogP contribution >= 0.6 is 11.3 Å². The molecule has 0 atom stereocenters. The summed E-state index contributed by atoms with van der Waals surface area (Å²) in [5.74, 6) is 0. The molecule has 0 unspecified atom stereocenters. The summed E-state index contributed by atoms with van der Waals surface area (Å²) in [6.45, 7) is 14.4. The van der Waals surface area contributed by atoms with Gasteiger partial charge in [-0.1, -0.05) is 67.8 Å². The van der Waals surface area contributed by atoms with Gasteiger partial charge in [0.25, 0.3) is 0 Å². The number of thiophene rings is 1. The second kappa shape index (κ2) is 8.79. The van der Waals surface area contributed by atoms with Crippen LogP contribution in [0.3, 0.4) is 0 Å². The van der Waals surface area contributed by atoms with E-state index in [1.165, 1.54) is 49.0 Å². The molecule has 2 aromatic carbocycles. The molecule has 1 nitrogen and oxygen atoms in total. The number of fused-ring (bicyclic) bond motifs is 1. The van der Waals surface area contributed by atoms with Gasteiger partial charge in [-0.2, -0.15) is 0 Å². The third kappa shape index (κ3) is 3.99. The summed E-state index contributed by atoms with van der Waals surface area (Å²) in [5, 5.41) is 2.31. The van der Waals surface area contributed by atoms with Crippen LogP contribution in [0.1, 0.15) is 35.5 Å². The zero-order valence-corrected chi connectivity index (χ0v) is 19.1. The summed E-state index contributed by atoms with van der Waals surface area (Å²) in [5.41, 5.74) is 8.45. The molecule has 2 heterocycles. The van der Waals surface area contributed by atoms with Gasteiger partial charge in [-0.05, 0) is 72.5 Å². The summed E-state index contributed by atoms with van der Waals surface area (Å²) in [4.78, 5) is 4.77. The fourth-order valence-electron chi connectivity index (χ4n) is 3.98. The standard InChI is InChI=1S/C29H27NS/c1-6-11-27-20(5)25-14-10-15-26(29(25)30-27)23-13-9-12-22(17-23)21(7-2)18-28-19(4)16-24(8-3)31-28/h6-18,30H,3-4H2,1-2,5H3/b11-6-,21-7+,28-18+. The van der Waals surface area contributed by atoms with Crippen LogP contribution in [0.2, 0.25) is 0 Å². The summed E-state index contributed by atoms with van der Waals surface area (Å²) >= 11 is 1.72. The highest BCUT2D eigenvalue weighted by molar-refractivity contribution is 7.10. The molecule has 0 saturated heterocycles. The van der Waals surface area contributed by atoms with E-state index < -0.39 is 0 Å². The number of rotatable bonds is 5. The average molecular weight is 422 g/mol. The predicted octanol–water partition coefficient (Wildman–Crippen LogP) is 7.18. The molecule has 1 N–H and O–H groups in total. The van der Waals surface area contributed by atoms with Gasteiger partial charge >= 0.3 is 0 Å². The number of aryl methyl sites for hydroxylation is 1. The molecule has 154 valence electrons. The van der Waals surface area contributed by atoms with Crippen molar-refractivity contribution in [3.05, 3.63) is 98.7 Å². The zero-order valence-electron chi connectivity index (χ0n) is 18.3. The van der Waals surface area contributed by atoms with Gasteiger partial charge in [-0.3, -0.25) is 0 Å². The quantitative estimate of drug-likeness (QED) is 0.351. The van der Waals surface area contributed by atoms with Crippen molar-refractivity contribution < 1.29 is 0 Å². The summed E-state index contributed by atoms with van der Waals surface area (Å²) in [6.07, 6.45) is 10.5. The number of benzene rings is 2. The lowest BCUT2D eigenvalue weighted by atomic mass is 9.97. The Hall–Kier alpha value is -3.36. The van der Waals surface area contributed by atoms with Gasteiger partial charge in [0, 0.05) is 26.1 Å². The lowest BCUT2D eigenvalue weighted by Crippen LogP contribution is -2.15. The molecule has 2 aromatic heterocycles. The van der Waals surface area contributed by atoms with Gasteiger partial charge < -0.3 is 4.98 Å². The first-order valence-corrected chi connectivity index (χ1v) is 11.3. The van der Waals surface area contributed by atoms with Crippen molar-refractivity contribution in [1.29, 1.82) is 0 Å². The SMILES string of the molecule is C=Cc1cc(=C)/c(=C\C(=C/C)c2cccc(-c3cccc4c(C)c(/C=C\C)[nH]c34)c2)s1. The van der Waals surface area contributed by atoms with E-state index in [1.54, 1.807) is 11.3 Å². The Morgan fingerprint density at radius 2 is 1.87 bits per heavy atom. The van der Waals surface area contributed by atoms with Crippen LogP contribution in [0.15, 0.2) is 67.3 Å². The third-order valence-electron chi connectivity index (χ3n) is 5.63. The van der Waals surface area contributed by atoms with E-state index in [4.69, 9.17) is 0 Å². The van der Waals surface area contributed by atoms with Crippen molar-refractivity contribution in [2.75, 3.05) is 0 Å². The molecule has 0 bridgehead atoms. The second-order valence-corrected chi connectivity index (χ2v) is 8.72. The van der Waals surface area contributed by atoms with Crippen molar-refractivity contribution >= 4 is 52.6 Å². The Morgan fingerprint density at radius 1 is 1.06 bits per heavy atom. The number of allylic oxidation sites excluding steroid dienone is 3. The molecule has 4 aromatic rings. The Labute approximate surface area is 188 Å². The highest BCUT2D eigenvalue weighted by Gasteiger charge is 2.11. The molecule has 2 heteroatoms. The third-order valence-corrected chi connectivity index (χ3v) is 6.75. The number of para-hydroxylation sites is 1. The van der Waals surface area contributed by atoms with Crippen molar-refractivity contribution in [1.82, 2.24) is 4.98 Å². The maximum absolute atomic E-state index is 4.19. The molecule has 0 fully saturated rings. The summed E-state index contributed by atoms with van der Waals surface area (Å²) in [7, 11) is 0. The number of H-pyrrole nitrogens is 1. The van der Waals surface area contributed by atoms with Gasteiger partial charge in [0.2, 0.25) is 0 Å². The number of hydrogen-bond acceptors (Lipinski definition) is 1. The molecule has 31 heavy (non-hydrogen) atoms. The molecular formula is C29H27NS. The number of hydrogen-bond donors (Lipinski definition) is 1. The first-order chi connectivity index (χ1) is 15.0. The minimum atomic E-state index is 1.04. The molecule has 0 aliphatic rings. The van der Waals surface area contributed by atoms with E-state index in [2.05, 4.69) is 105 Å². The molecule has 0 amide bonds. The van der Waals surface area contributed by atoms with Crippen molar-refractivity contribution in [2.45, 2.75) is 20.8 Å². The number of aromatic amines is 1. The summed E-state index contributed by atoms with van der Waals surface area (Å²) in [6, 6.07) is 17.4. The van der Waals surface area contributed by atoms with Crippen LogP contribution in [0.4, 0.5) is 0 Å². The van der Waals surface area contributed by atoms with Crippen molar-refractivity contribution in [3.63, 3.8) is 0 Å². The lowest BCUT2D eigenvalue weighted by Gasteiger charge is -2.08. The van der Waals surface area contributed by atoms with Gasteiger partial charge in [0.15, 0.2) is 0 Å². The molecule has 4 rings (SSSR count). The van der Waals surface area contributed by atoms with Crippen LogP contribution in [-0.2, 0) is 0 Å². The largest absolute Gasteiger partial charge is 0.354 e. The van der Waals surface area contributed by atoms with E-state index in [1.807, 2.05) is 13.0 Å². The van der Waals surface area contributed by atoms with E-state index in [-0.39, 0.29) is 0 Å².